The zero-order valence-corrected chi connectivity index (χ0v) is 14.8. The number of imidazole rings is 1. The molecule has 0 saturated carbocycles. The van der Waals surface area contributed by atoms with Crippen molar-refractivity contribution in [3.63, 3.8) is 0 Å². The van der Waals surface area contributed by atoms with E-state index in [9.17, 15) is 15.3 Å². The molecule has 0 amide bonds. The van der Waals surface area contributed by atoms with E-state index in [0.29, 0.717) is 34.0 Å². The maximum Gasteiger partial charge on any atom is 0.164 e. The molecular weight excluding hydrogens is 370 g/mol. The van der Waals surface area contributed by atoms with E-state index in [1.165, 1.54) is 19.2 Å². The summed E-state index contributed by atoms with van der Waals surface area (Å²) in [5.41, 5.74) is 1.99. The quantitative estimate of drug-likeness (QED) is 0.496. The summed E-state index contributed by atoms with van der Waals surface area (Å²) >= 11 is 6.03. The molecule has 0 aliphatic carbocycles. The molecule has 2 heterocycles. The molecule has 136 valence electrons. The fraction of sp³-hybridized carbons (Fsp3) is 0.0526. The Balaban J connectivity index is 2.04. The van der Waals surface area contributed by atoms with Gasteiger partial charge in [-0.15, -0.1) is 0 Å². The zero-order chi connectivity index (χ0) is 19.1. The summed E-state index contributed by atoms with van der Waals surface area (Å²) in [7, 11) is 1.46. The smallest absolute Gasteiger partial charge is 0.164 e. The summed E-state index contributed by atoms with van der Waals surface area (Å²) < 4.78 is 6.77. The average molecular weight is 384 g/mol. The lowest BCUT2D eigenvalue weighted by atomic mass is 10.1. The van der Waals surface area contributed by atoms with Gasteiger partial charge in [-0.25, -0.2) is 9.97 Å². The van der Waals surface area contributed by atoms with Crippen LogP contribution in [0.1, 0.15) is 0 Å². The van der Waals surface area contributed by atoms with Crippen molar-refractivity contribution in [1.82, 2.24) is 14.5 Å². The van der Waals surface area contributed by atoms with Gasteiger partial charge in [0.25, 0.3) is 0 Å². The highest BCUT2D eigenvalue weighted by atomic mass is 35.5. The third kappa shape index (κ3) is 2.78. The van der Waals surface area contributed by atoms with Crippen LogP contribution in [-0.4, -0.2) is 37.0 Å². The van der Waals surface area contributed by atoms with Crippen LogP contribution >= 0.6 is 11.6 Å². The topological polar surface area (TPSA) is 101 Å². The molecule has 2 aromatic carbocycles. The van der Waals surface area contributed by atoms with Crippen LogP contribution in [0, 0.1) is 0 Å². The molecule has 2 aromatic heterocycles. The van der Waals surface area contributed by atoms with E-state index in [4.69, 9.17) is 16.3 Å². The van der Waals surface area contributed by atoms with Gasteiger partial charge in [0.05, 0.1) is 23.4 Å². The molecule has 0 bridgehead atoms. The van der Waals surface area contributed by atoms with Crippen molar-refractivity contribution in [2.45, 2.75) is 0 Å². The zero-order valence-electron chi connectivity index (χ0n) is 14.1. The van der Waals surface area contributed by atoms with Gasteiger partial charge in [0.15, 0.2) is 23.0 Å². The van der Waals surface area contributed by atoms with Crippen molar-refractivity contribution in [1.29, 1.82) is 0 Å². The van der Waals surface area contributed by atoms with Gasteiger partial charge in [-0.2, -0.15) is 0 Å². The number of nitrogens with zero attached hydrogens (tertiary/aromatic N) is 3. The Morgan fingerprint density at radius 3 is 2.56 bits per heavy atom. The van der Waals surface area contributed by atoms with E-state index in [1.807, 2.05) is 0 Å². The summed E-state index contributed by atoms with van der Waals surface area (Å²) in [5.74, 6) is 0.208. The second-order valence-electron chi connectivity index (χ2n) is 5.79. The summed E-state index contributed by atoms with van der Waals surface area (Å²) in [6.45, 7) is 0. The number of rotatable bonds is 3. The van der Waals surface area contributed by atoms with Gasteiger partial charge in [0, 0.05) is 18.3 Å². The fourth-order valence-corrected chi connectivity index (χ4v) is 3.05. The van der Waals surface area contributed by atoms with Crippen LogP contribution < -0.4 is 4.74 Å². The number of fused-ring (bicyclic) bond motifs is 1. The molecule has 7 nitrogen and oxygen atoms in total. The minimum Gasteiger partial charge on any atom is -0.507 e. The van der Waals surface area contributed by atoms with E-state index in [1.54, 1.807) is 35.0 Å². The van der Waals surface area contributed by atoms with E-state index in [2.05, 4.69) is 9.97 Å². The van der Waals surface area contributed by atoms with Crippen molar-refractivity contribution in [3.8, 4) is 40.1 Å². The van der Waals surface area contributed by atoms with Crippen LogP contribution in [0.15, 0.2) is 48.7 Å². The number of methoxy groups -OCH3 is 1. The Hall–Kier alpha value is -3.45. The highest BCUT2D eigenvalue weighted by Gasteiger charge is 2.20. The fourth-order valence-electron chi connectivity index (χ4n) is 2.89. The highest BCUT2D eigenvalue weighted by molar-refractivity contribution is 6.32. The van der Waals surface area contributed by atoms with E-state index in [-0.39, 0.29) is 22.3 Å². The SMILES string of the molecule is COc1ccc(-n2c(-c3cc(Cl)c(O)cc3O)nc3cccnc32)cc1O. The summed E-state index contributed by atoms with van der Waals surface area (Å²) in [6, 6.07) is 11.0. The molecule has 0 spiro atoms. The lowest BCUT2D eigenvalue weighted by molar-refractivity contribution is 0.373. The van der Waals surface area contributed by atoms with Crippen LogP contribution in [0.2, 0.25) is 5.02 Å². The Labute approximate surface area is 158 Å². The van der Waals surface area contributed by atoms with Crippen LogP contribution in [0.5, 0.6) is 23.0 Å². The summed E-state index contributed by atoms with van der Waals surface area (Å²) in [6.07, 6.45) is 1.62. The highest BCUT2D eigenvalue weighted by Crippen LogP contribution is 2.39. The normalized spacial score (nSPS) is 11.0. The summed E-state index contributed by atoms with van der Waals surface area (Å²) in [4.78, 5) is 8.92. The van der Waals surface area contributed by atoms with Crippen LogP contribution in [0.4, 0.5) is 0 Å². The molecule has 3 N–H and O–H groups in total. The molecule has 0 radical (unpaired) electrons. The first kappa shape index (κ1) is 17.0. The molecular formula is C19H14ClN3O4. The molecule has 0 saturated heterocycles. The van der Waals surface area contributed by atoms with E-state index in [0.717, 1.165) is 6.07 Å². The van der Waals surface area contributed by atoms with Gasteiger partial charge in [-0.1, -0.05) is 11.6 Å². The second kappa shape index (κ2) is 6.37. The van der Waals surface area contributed by atoms with E-state index < -0.39 is 0 Å². The Morgan fingerprint density at radius 1 is 1.00 bits per heavy atom. The first-order chi connectivity index (χ1) is 13.0. The molecule has 8 heteroatoms. The predicted molar refractivity (Wildman–Crippen MR) is 101 cm³/mol. The van der Waals surface area contributed by atoms with Crippen LogP contribution in [0.3, 0.4) is 0 Å². The Morgan fingerprint density at radius 2 is 1.81 bits per heavy atom. The number of phenols is 3. The number of aromatic nitrogens is 3. The third-order valence-corrected chi connectivity index (χ3v) is 4.45. The van der Waals surface area contributed by atoms with Crippen molar-refractivity contribution in [2.75, 3.05) is 7.11 Å². The average Bonchev–Trinajstić information content (AvgIpc) is 3.03. The maximum absolute atomic E-state index is 10.3. The molecule has 0 atom stereocenters. The number of halogens is 1. The number of benzene rings is 2. The summed E-state index contributed by atoms with van der Waals surface area (Å²) in [5, 5.41) is 30.3. The molecule has 0 unspecified atom stereocenters. The maximum atomic E-state index is 10.3. The van der Waals surface area contributed by atoms with Gasteiger partial charge < -0.3 is 20.1 Å². The largest absolute Gasteiger partial charge is 0.507 e. The number of hydrogen-bond acceptors (Lipinski definition) is 6. The van der Waals surface area contributed by atoms with Gasteiger partial charge in [0.1, 0.15) is 17.0 Å². The monoisotopic (exact) mass is 383 g/mol. The van der Waals surface area contributed by atoms with Crippen molar-refractivity contribution in [2.24, 2.45) is 0 Å². The molecule has 0 aliphatic heterocycles. The number of aromatic hydroxyl groups is 3. The van der Waals surface area contributed by atoms with E-state index >= 15 is 0 Å². The number of pyridine rings is 1. The molecule has 0 aliphatic rings. The standard InChI is InChI=1S/C19H14ClN3O4/c1-27-17-5-4-10(7-16(17)26)23-18(22-13-3-2-6-21-19(13)23)11-8-12(20)15(25)9-14(11)24/h2-9,24-26H,1H3. The molecule has 4 aromatic rings. The minimum atomic E-state index is -0.235. The molecule has 4 rings (SSSR count). The number of ether oxygens (including phenoxy) is 1. The van der Waals surface area contributed by atoms with Crippen molar-refractivity contribution in [3.05, 3.63) is 53.7 Å². The first-order valence-electron chi connectivity index (χ1n) is 7.92. The van der Waals surface area contributed by atoms with Crippen LogP contribution in [-0.2, 0) is 0 Å². The number of hydrogen-bond donors (Lipinski definition) is 3. The van der Waals surface area contributed by atoms with Gasteiger partial charge in [-0.05, 0) is 30.3 Å². The van der Waals surface area contributed by atoms with Gasteiger partial charge >= 0.3 is 0 Å². The lowest BCUT2D eigenvalue weighted by Crippen LogP contribution is -1.99. The third-order valence-electron chi connectivity index (χ3n) is 4.14. The lowest BCUT2D eigenvalue weighted by Gasteiger charge is -2.12. The minimum absolute atomic E-state index is 0.0494. The Bertz CT molecular complexity index is 1170. The predicted octanol–water partition coefficient (Wildman–Crippen LogP) is 3.87. The Kier molecular flexibility index (Phi) is 4.01. The van der Waals surface area contributed by atoms with Crippen molar-refractivity contribution < 1.29 is 20.1 Å². The first-order valence-corrected chi connectivity index (χ1v) is 8.30. The van der Waals surface area contributed by atoms with Crippen LogP contribution in [0.25, 0.3) is 28.2 Å². The van der Waals surface area contributed by atoms with Crippen molar-refractivity contribution >= 4 is 22.8 Å². The van der Waals surface area contributed by atoms with Gasteiger partial charge in [-0.3, -0.25) is 4.57 Å². The number of phenolic OH excluding ortho intramolecular Hbond substituents is 3. The molecule has 27 heavy (non-hydrogen) atoms. The van der Waals surface area contributed by atoms with Gasteiger partial charge in [0.2, 0.25) is 0 Å². The second-order valence-corrected chi connectivity index (χ2v) is 6.20. The molecule has 0 fully saturated rings.